The van der Waals surface area contributed by atoms with Crippen LogP contribution >= 0.6 is 0 Å². The predicted molar refractivity (Wildman–Crippen MR) is 106 cm³/mol. The second-order valence-electron chi connectivity index (χ2n) is 6.97. The van der Waals surface area contributed by atoms with Gasteiger partial charge in [0.25, 0.3) is 0 Å². The molecule has 1 heterocycles. The molecule has 12 nitrogen and oxygen atoms in total. The molecule has 0 spiro atoms. The molecule has 5 N–H and O–H groups in total. The molecule has 0 radical (unpaired) electrons. The Labute approximate surface area is 184 Å². The summed E-state index contributed by atoms with van der Waals surface area (Å²) < 4.78 is 10.0. The van der Waals surface area contributed by atoms with Crippen molar-refractivity contribution in [3.63, 3.8) is 0 Å². The molecule has 0 bridgehead atoms. The van der Waals surface area contributed by atoms with Gasteiger partial charge >= 0.3 is 18.0 Å². The van der Waals surface area contributed by atoms with Crippen LogP contribution in [0.1, 0.15) is 31.2 Å². The summed E-state index contributed by atoms with van der Waals surface area (Å²) in [4.78, 5) is 43.9. The maximum absolute atomic E-state index is 11.8. The first kappa shape index (κ1) is 26.8. The Kier molecular flexibility index (Phi) is 10.5. The fourth-order valence-corrected chi connectivity index (χ4v) is 2.80. The molecular formula is C20H28N2O10. The molecule has 1 aliphatic heterocycles. The van der Waals surface area contributed by atoms with E-state index >= 15 is 0 Å². The molecule has 32 heavy (non-hydrogen) atoms. The second-order valence-corrected chi connectivity index (χ2v) is 6.97. The molecule has 0 aromatic heterocycles. The number of ether oxygens (including phenoxy) is 2. The Hall–Kier alpha value is -3.22. The molecule has 0 saturated heterocycles. The van der Waals surface area contributed by atoms with Crippen LogP contribution < -0.4 is 15.2 Å². The van der Waals surface area contributed by atoms with Crippen LogP contribution in [0.5, 0.6) is 5.75 Å². The van der Waals surface area contributed by atoms with Crippen LogP contribution in [-0.2, 0) is 19.1 Å². The maximum Gasteiger partial charge on any atom is 0.414 e. The number of benzene rings is 1. The highest BCUT2D eigenvalue weighted by Crippen LogP contribution is 2.31. The minimum absolute atomic E-state index is 0.179. The van der Waals surface area contributed by atoms with Crippen LogP contribution in [0.2, 0.25) is 0 Å². The summed E-state index contributed by atoms with van der Waals surface area (Å²) >= 11 is 0. The van der Waals surface area contributed by atoms with Gasteiger partial charge in [0.2, 0.25) is 0 Å². The summed E-state index contributed by atoms with van der Waals surface area (Å²) in [5.74, 6) is -3.13. The van der Waals surface area contributed by atoms with Crippen molar-refractivity contribution in [2.75, 3.05) is 27.2 Å². The summed E-state index contributed by atoms with van der Waals surface area (Å²) in [5, 5.41) is 36.3. The van der Waals surface area contributed by atoms with Crippen molar-refractivity contribution in [1.82, 2.24) is 4.90 Å². The molecular weight excluding hydrogens is 428 g/mol. The standard InChI is InChI=1S/C16H22N2O4.C4H6O6/c1-4-18(2)16(20)22-12-6-7-13-11(5-8-15(19)21-3)10-17-14(13)9-12;5-1(3(7)8)2(6)4(9)10/h6-7,9,11,17H,4-5,8,10H2,1-3H3;1-2,5-6H,(H,7,8)(H,9,10). The topological polar surface area (TPSA) is 190 Å². The molecule has 1 aromatic carbocycles. The van der Waals surface area contributed by atoms with Crippen molar-refractivity contribution >= 4 is 29.7 Å². The predicted octanol–water partition coefficient (Wildman–Crippen LogP) is -2.07. The summed E-state index contributed by atoms with van der Waals surface area (Å²) in [7, 11) is 3.11. The first-order chi connectivity index (χ1) is 15.0. The van der Waals surface area contributed by atoms with Gasteiger partial charge < -0.3 is 44.9 Å². The highest BCUT2D eigenvalue weighted by molar-refractivity contribution is 5.82. The van der Waals surface area contributed by atoms with Gasteiger partial charge in [0.1, 0.15) is 17.5 Å². The lowest BCUT2D eigenvalue weighted by Gasteiger charge is -2.14. The highest BCUT2D eigenvalue weighted by atomic mass is 16.6. The van der Waals surface area contributed by atoms with Crippen molar-refractivity contribution in [3.8, 4) is 5.75 Å². The second kappa shape index (κ2) is 12.6. The average Bonchev–Trinajstić information content (AvgIpc) is 3.18. The summed E-state index contributed by atoms with van der Waals surface area (Å²) in [6.45, 7) is 3.40. The number of aliphatic carboxylic acids is 2. The van der Waals surface area contributed by atoms with Crippen molar-refractivity contribution in [1.29, 1.82) is 0 Å². The first-order valence-corrected chi connectivity index (χ1v) is 9.78. The number of quaternary nitrogens is 1. The number of hydrogen-bond acceptors (Lipinski definition) is 9. The van der Waals surface area contributed by atoms with E-state index in [-0.39, 0.29) is 12.1 Å². The SMILES string of the molecule is CCN(C)C(=O)Oc1ccc2c(c1)[NH2+]CC2CCC(=O)OC.O=C([O-])C(O)C(O)C(=O)O. The lowest BCUT2D eigenvalue weighted by atomic mass is 9.96. The monoisotopic (exact) mass is 456 g/mol. The van der Waals surface area contributed by atoms with Crippen LogP contribution in [-0.4, -0.2) is 83.7 Å². The van der Waals surface area contributed by atoms with Crippen LogP contribution in [0.25, 0.3) is 0 Å². The third kappa shape index (κ3) is 7.80. The number of esters is 1. The third-order valence-electron chi connectivity index (χ3n) is 4.83. The van der Waals surface area contributed by atoms with Gasteiger partial charge in [-0.1, -0.05) is 0 Å². The molecule has 3 atom stereocenters. The number of carboxylic acid groups (broad SMARTS) is 2. The summed E-state index contributed by atoms with van der Waals surface area (Å²) in [5.41, 5.74) is 2.28. The minimum atomic E-state index is -2.38. The Bertz CT molecular complexity index is 811. The van der Waals surface area contributed by atoms with E-state index < -0.39 is 24.1 Å². The minimum Gasteiger partial charge on any atom is -0.547 e. The van der Waals surface area contributed by atoms with Gasteiger partial charge in [-0.2, -0.15) is 0 Å². The zero-order chi connectivity index (χ0) is 24.4. The van der Waals surface area contributed by atoms with Gasteiger partial charge in [-0.3, -0.25) is 4.79 Å². The van der Waals surface area contributed by atoms with Gasteiger partial charge in [0, 0.05) is 37.6 Å². The van der Waals surface area contributed by atoms with E-state index in [0.717, 1.165) is 18.7 Å². The first-order valence-electron chi connectivity index (χ1n) is 9.78. The van der Waals surface area contributed by atoms with E-state index in [4.69, 9.17) is 20.1 Å². The largest absolute Gasteiger partial charge is 0.547 e. The number of nitrogens with two attached hydrogens (primary N) is 1. The number of aliphatic hydroxyl groups is 2. The summed E-state index contributed by atoms with van der Waals surface area (Å²) in [6.07, 6.45) is -3.87. The molecule has 0 aliphatic carbocycles. The van der Waals surface area contributed by atoms with E-state index in [1.54, 1.807) is 7.05 Å². The number of fused-ring (bicyclic) bond motifs is 1. The number of nitrogens with zero attached hydrogens (tertiary/aromatic N) is 1. The van der Waals surface area contributed by atoms with Crippen molar-refractivity contribution in [3.05, 3.63) is 23.8 Å². The zero-order valence-electron chi connectivity index (χ0n) is 18.0. The Morgan fingerprint density at radius 3 is 2.41 bits per heavy atom. The van der Waals surface area contributed by atoms with Crippen LogP contribution in [0.3, 0.4) is 0 Å². The van der Waals surface area contributed by atoms with Crippen LogP contribution in [0, 0.1) is 0 Å². The number of methoxy groups -OCH3 is 1. The molecule has 12 heteroatoms. The highest BCUT2D eigenvalue weighted by Gasteiger charge is 2.28. The Balaban J connectivity index is 0.000000433. The molecule has 1 aromatic rings. The van der Waals surface area contributed by atoms with E-state index in [1.807, 2.05) is 25.1 Å². The number of carbonyl (C=O) groups excluding carboxylic acids is 3. The van der Waals surface area contributed by atoms with Crippen molar-refractivity contribution in [2.24, 2.45) is 0 Å². The van der Waals surface area contributed by atoms with E-state index in [0.29, 0.717) is 24.6 Å². The van der Waals surface area contributed by atoms with Crippen molar-refractivity contribution in [2.45, 2.75) is 37.9 Å². The molecule has 1 aliphatic rings. The lowest BCUT2D eigenvalue weighted by molar-refractivity contribution is -0.564. The Morgan fingerprint density at radius 1 is 1.25 bits per heavy atom. The summed E-state index contributed by atoms with van der Waals surface area (Å²) in [6, 6.07) is 5.68. The van der Waals surface area contributed by atoms with Gasteiger partial charge in [-0.25, -0.2) is 9.59 Å². The van der Waals surface area contributed by atoms with Gasteiger partial charge in [-0.05, 0) is 25.5 Å². The van der Waals surface area contributed by atoms with E-state index in [1.165, 1.54) is 17.6 Å². The van der Waals surface area contributed by atoms with Crippen LogP contribution in [0.15, 0.2) is 18.2 Å². The molecule has 0 fully saturated rings. The third-order valence-corrected chi connectivity index (χ3v) is 4.83. The maximum atomic E-state index is 11.8. The number of rotatable bonds is 8. The normalized spacial score (nSPS) is 16.0. The van der Waals surface area contributed by atoms with E-state index in [2.05, 4.69) is 10.1 Å². The number of aliphatic hydroxyl groups excluding tert-OH is 2. The number of amides is 1. The average molecular weight is 456 g/mol. The van der Waals surface area contributed by atoms with E-state index in [9.17, 15) is 24.3 Å². The fourth-order valence-electron chi connectivity index (χ4n) is 2.80. The smallest absolute Gasteiger partial charge is 0.414 e. The lowest BCUT2D eigenvalue weighted by Crippen LogP contribution is -2.76. The zero-order valence-corrected chi connectivity index (χ0v) is 18.0. The van der Waals surface area contributed by atoms with Gasteiger partial charge in [0.15, 0.2) is 6.10 Å². The van der Waals surface area contributed by atoms with Crippen LogP contribution in [0.4, 0.5) is 10.5 Å². The van der Waals surface area contributed by atoms with Gasteiger partial charge in [-0.15, -0.1) is 0 Å². The number of carbonyl (C=O) groups is 4. The molecule has 0 saturated carbocycles. The number of hydrogen-bond donors (Lipinski definition) is 4. The molecule has 2 rings (SSSR count). The fraction of sp³-hybridized carbons (Fsp3) is 0.500. The quantitative estimate of drug-likeness (QED) is 0.249. The van der Waals surface area contributed by atoms with Crippen molar-refractivity contribution < 1.29 is 54.4 Å². The molecule has 3 unspecified atom stereocenters. The van der Waals surface area contributed by atoms with Gasteiger partial charge in [0.05, 0.1) is 19.6 Å². The Morgan fingerprint density at radius 2 is 1.91 bits per heavy atom. The number of carboxylic acids is 2. The molecule has 178 valence electrons. The molecule has 1 amide bonds.